The van der Waals surface area contributed by atoms with Crippen molar-refractivity contribution in [2.45, 2.75) is 44.7 Å². The Kier molecular flexibility index (Phi) is 4.59. The van der Waals surface area contributed by atoms with Gasteiger partial charge >= 0.3 is 0 Å². The summed E-state index contributed by atoms with van der Waals surface area (Å²) in [6.07, 6.45) is 10.4. The Morgan fingerprint density at radius 1 is 1.17 bits per heavy atom. The van der Waals surface area contributed by atoms with Gasteiger partial charge in [-0.15, -0.1) is 0 Å². The standard InChI is InChI=1S/C19H23ClFN3/c20-17-12-15(21)6-7-16(17)19-22-8-11-24(19)13-14-4-3-10-23-9-2-1-5-18(14)23/h6-8,11-12,14,18H,1-5,9-10,13H2/t14-,18+/m0/s1. The molecule has 0 saturated carbocycles. The second-order valence-corrected chi connectivity index (χ2v) is 7.44. The smallest absolute Gasteiger partial charge is 0.141 e. The lowest BCUT2D eigenvalue weighted by Gasteiger charge is -2.44. The van der Waals surface area contributed by atoms with Crippen molar-refractivity contribution >= 4 is 11.6 Å². The molecule has 0 unspecified atom stereocenters. The van der Waals surface area contributed by atoms with Gasteiger partial charge in [0.15, 0.2) is 0 Å². The Labute approximate surface area is 147 Å². The van der Waals surface area contributed by atoms with E-state index in [2.05, 4.69) is 14.5 Å². The van der Waals surface area contributed by atoms with Crippen LogP contribution >= 0.6 is 11.6 Å². The van der Waals surface area contributed by atoms with E-state index >= 15 is 0 Å². The summed E-state index contributed by atoms with van der Waals surface area (Å²) in [5.41, 5.74) is 0.805. The first-order valence-electron chi connectivity index (χ1n) is 8.93. The van der Waals surface area contributed by atoms with E-state index < -0.39 is 0 Å². The fourth-order valence-corrected chi connectivity index (χ4v) is 4.67. The lowest BCUT2D eigenvalue weighted by Crippen LogP contribution is -2.49. The van der Waals surface area contributed by atoms with E-state index in [1.807, 2.05) is 12.4 Å². The van der Waals surface area contributed by atoms with Crippen molar-refractivity contribution in [2.75, 3.05) is 13.1 Å². The second kappa shape index (κ2) is 6.85. The fraction of sp³-hybridized carbons (Fsp3) is 0.526. The molecule has 1 aromatic heterocycles. The molecule has 128 valence electrons. The third-order valence-electron chi connectivity index (χ3n) is 5.55. The molecule has 0 aliphatic carbocycles. The molecule has 2 fully saturated rings. The first kappa shape index (κ1) is 16.1. The Morgan fingerprint density at radius 3 is 2.92 bits per heavy atom. The second-order valence-electron chi connectivity index (χ2n) is 7.03. The van der Waals surface area contributed by atoms with Crippen LogP contribution in [0.25, 0.3) is 11.4 Å². The van der Waals surface area contributed by atoms with Crippen molar-refractivity contribution in [1.82, 2.24) is 14.5 Å². The van der Waals surface area contributed by atoms with Crippen LogP contribution in [0.5, 0.6) is 0 Å². The molecule has 4 rings (SSSR count). The van der Waals surface area contributed by atoms with Crippen LogP contribution in [0.3, 0.4) is 0 Å². The van der Waals surface area contributed by atoms with Gasteiger partial charge in [0.25, 0.3) is 0 Å². The summed E-state index contributed by atoms with van der Waals surface area (Å²) in [5.74, 6) is 1.19. The van der Waals surface area contributed by atoms with Gasteiger partial charge in [0, 0.05) is 30.5 Å². The topological polar surface area (TPSA) is 21.1 Å². The van der Waals surface area contributed by atoms with Crippen LogP contribution in [-0.4, -0.2) is 33.6 Å². The zero-order valence-corrected chi connectivity index (χ0v) is 14.6. The van der Waals surface area contributed by atoms with Crippen LogP contribution in [-0.2, 0) is 6.54 Å². The number of hydrogen-bond acceptors (Lipinski definition) is 2. The molecule has 1 aromatic carbocycles. The highest BCUT2D eigenvalue weighted by atomic mass is 35.5. The molecule has 0 amide bonds. The number of imidazole rings is 1. The minimum Gasteiger partial charge on any atom is -0.331 e. The molecule has 24 heavy (non-hydrogen) atoms. The minimum atomic E-state index is -0.313. The van der Waals surface area contributed by atoms with Crippen molar-refractivity contribution in [2.24, 2.45) is 5.92 Å². The van der Waals surface area contributed by atoms with Gasteiger partial charge in [0.1, 0.15) is 11.6 Å². The summed E-state index contributed by atoms with van der Waals surface area (Å²) in [5, 5.41) is 0.422. The van der Waals surface area contributed by atoms with E-state index in [9.17, 15) is 4.39 Å². The quantitative estimate of drug-likeness (QED) is 0.808. The molecule has 3 nitrogen and oxygen atoms in total. The summed E-state index contributed by atoms with van der Waals surface area (Å²) in [6, 6.07) is 5.24. The van der Waals surface area contributed by atoms with Gasteiger partial charge in [-0.25, -0.2) is 9.37 Å². The van der Waals surface area contributed by atoms with E-state index in [1.54, 1.807) is 6.07 Å². The SMILES string of the molecule is Fc1ccc(-c2nccn2C[C@@H]2CCCN3CCCC[C@H]23)c(Cl)c1. The number of rotatable bonds is 3. The number of aromatic nitrogens is 2. The predicted octanol–water partition coefficient (Wildman–Crippen LogP) is 4.61. The van der Waals surface area contributed by atoms with Crippen LogP contribution < -0.4 is 0 Å². The lowest BCUT2D eigenvalue weighted by molar-refractivity contribution is 0.0521. The molecule has 0 N–H and O–H groups in total. The van der Waals surface area contributed by atoms with Crippen molar-refractivity contribution in [3.63, 3.8) is 0 Å². The maximum Gasteiger partial charge on any atom is 0.141 e. The van der Waals surface area contributed by atoms with E-state index in [-0.39, 0.29) is 5.82 Å². The van der Waals surface area contributed by atoms with Crippen LogP contribution in [0.1, 0.15) is 32.1 Å². The number of benzene rings is 1. The minimum absolute atomic E-state index is 0.313. The van der Waals surface area contributed by atoms with E-state index in [0.717, 1.165) is 17.9 Å². The average Bonchev–Trinajstić information content (AvgIpc) is 3.03. The third kappa shape index (κ3) is 3.09. The Hall–Kier alpha value is -1.39. The summed E-state index contributed by atoms with van der Waals surface area (Å²) >= 11 is 6.24. The normalized spacial score (nSPS) is 24.8. The number of halogens is 2. The molecular weight excluding hydrogens is 325 g/mol. The maximum atomic E-state index is 13.3. The van der Waals surface area contributed by atoms with Gasteiger partial charge in [-0.1, -0.05) is 18.0 Å². The molecule has 5 heteroatoms. The number of piperidine rings is 2. The molecule has 0 spiro atoms. The first-order valence-corrected chi connectivity index (χ1v) is 9.31. The molecule has 2 aliphatic heterocycles. The Bertz CT molecular complexity index is 712. The molecule has 2 aromatic rings. The molecule has 2 atom stereocenters. The van der Waals surface area contributed by atoms with Gasteiger partial charge in [-0.3, -0.25) is 0 Å². The molecular formula is C19H23ClFN3. The number of fused-ring (bicyclic) bond motifs is 1. The summed E-state index contributed by atoms with van der Waals surface area (Å²) in [6.45, 7) is 3.47. The van der Waals surface area contributed by atoms with Crippen LogP contribution in [0.15, 0.2) is 30.6 Å². The highest BCUT2D eigenvalue weighted by Crippen LogP contribution is 2.33. The van der Waals surface area contributed by atoms with Gasteiger partial charge in [-0.2, -0.15) is 0 Å². The van der Waals surface area contributed by atoms with Crippen molar-refractivity contribution in [3.05, 3.63) is 41.4 Å². The summed E-state index contributed by atoms with van der Waals surface area (Å²) < 4.78 is 15.5. The average molecular weight is 348 g/mol. The highest BCUT2D eigenvalue weighted by Gasteiger charge is 2.33. The fourth-order valence-electron chi connectivity index (χ4n) is 4.41. The lowest BCUT2D eigenvalue weighted by atomic mass is 9.83. The largest absolute Gasteiger partial charge is 0.331 e. The van der Waals surface area contributed by atoms with Gasteiger partial charge in [0.2, 0.25) is 0 Å². The van der Waals surface area contributed by atoms with Crippen LogP contribution in [0.4, 0.5) is 4.39 Å². The highest BCUT2D eigenvalue weighted by molar-refractivity contribution is 6.33. The van der Waals surface area contributed by atoms with E-state index in [1.165, 1.54) is 57.3 Å². The third-order valence-corrected chi connectivity index (χ3v) is 5.86. The molecule has 2 saturated heterocycles. The van der Waals surface area contributed by atoms with Crippen LogP contribution in [0.2, 0.25) is 5.02 Å². The van der Waals surface area contributed by atoms with Gasteiger partial charge in [-0.05, 0) is 62.9 Å². The zero-order valence-electron chi connectivity index (χ0n) is 13.8. The van der Waals surface area contributed by atoms with Gasteiger partial charge < -0.3 is 9.47 Å². The van der Waals surface area contributed by atoms with E-state index in [4.69, 9.17) is 11.6 Å². The predicted molar refractivity (Wildman–Crippen MR) is 94.6 cm³/mol. The van der Waals surface area contributed by atoms with Crippen LogP contribution in [0, 0.1) is 11.7 Å². The summed E-state index contributed by atoms with van der Waals surface area (Å²) in [4.78, 5) is 7.17. The Morgan fingerprint density at radius 2 is 2.04 bits per heavy atom. The van der Waals surface area contributed by atoms with Gasteiger partial charge in [0.05, 0.1) is 5.02 Å². The molecule has 3 heterocycles. The van der Waals surface area contributed by atoms with Crippen molar-refractivity contribution in [1.29, 1.82) is 0 Å². The zero-order chi connectivity index (χ0) is 16.5. The summed E-state index contributed by atoms with van der Waals surface area (Å²) in [7, 11) is 0. The maximum absolute atomic E-state index is 13.3. The number of hydrogen-bond donors (Lipinski definition) is 0. The Balaban J connectivity index is 1.58. The molecule has 2 aliphatic rings. The number of nitrogens with zero attached hydrogens (tertiary/aromatic N) is 3. The first-order chi connectivity index (χ1) is 11.7. The monoisotopic (exact) mass is 347 g/mol. The molecule has 0 bridgehead atoms. The van der Waals surface area contributed by atoms with Crippen molar-refractivity contribution in [3.8, 4) is 11.4 Å². The van der Waals surface area contributed by atoms with Crippen molar-refractivity contribution < 1.29 is 4.39 Å². The van der Waals surface area contributed by atoms with E-state index in [0.29, 0.717) is 17.0 Å². The molecule has 0 radical (unpaired) electrons.